The summed E-state index contributed by atoms with van der Waals surface area (Å²) in [6, 6.07) is 28.4. The van der Waals surface area contributed by atoms with E-state index in [-0.39, 0.29) is 17.4 Å². The number of hydrogen-bond donors (Lipinski definition) is 0. The first-order valence-electron chi connectivity index (χ1n) is 11.6. The van der Waals surface area contributed by atoms with Gasteiger partial charge in [0.05, 0.1) is 12.1 Å². The predicted octanol–water partition coefficient (Wildman–Crippen LogP) is 4.65. The maximum Gasteiger partial charge on any atom is 0.272 e. The Labute approximate surface area is 204 Å². The Bertz CT molecular complexity index is 1130. The molecule has 3 aromatic rings. The van der Waals surface area contributed by atoms with E-state index in [0.29, 0.717) is 13.1 Å². The van der Waals surface area contributed by atoms with Gasteiger partial charge >= 0.3 is 0 Å². The van der Waals surface area contributed by atoms with Crippen molar-refractivity contribution < 1.29 is 9.59 Å². The molecule has 6 heteroatoms. The van der Waals surface area contributed by atoms with Crippen LogP contribution in [0.1, 0.15) is 16.7 Å². The van der Waals surface area contributed by atoms with Crippen LogP contribution in [-0.4, -0.2) is 40.1 Å². The second-order valence-electron chi connectivity index (χ2n) is 8.48. The van der Waals surface area contributed by atoms with Crippen LogP contribution in [-0.2, 0) is 28.9 Å². The van der Waals surface area contributed by atoms with E-state index in [1.54, 1.807) is 14.8 Å². The quantitative estimate of drug-likeness (QED) is 0.287. The summed E-state index contributed by atoms with van der Waals surface area (Å²) in [5.41, 5.74) is 4.88. The number of carbonyl (C=O) groups is 2. The topological polar surface area (TPSA) is 43.9 Å². The average Bonchev–Trinajstić information content (AvgIpc) is 3.29. The molecule has 0 N–H and O–H groups in total. The smallest absolute Gasteiger partial charge is 0.272 e. The number of fused-ring (bicyclic) bond motifs is 1. The molecule has 5 nitrogen and oxygen atoms in total. The standard InChI is InChI=1S/C28H27N3O2S/c32-27-25(21-29-18-17-24-13-7-8-14-26(24)29)28(33)31(20-16-23-11-5-2-6-12-23)34-30(27)19-15-22-9-3-1-4-10-22/h1-14,21H,15-20H2. The summed E-state index contributed by atoms with van der Waals surface area (Å²) < 4.78 is 3.46. The minimum atomic E-state index is -0.216. The van der Waals surface area contributed by atoms with Gasteiger partial charge in [0.2, 0.25) is 0 Å². The van der Waals surface area contributed by atoms with E-state index < -0.39 is 0 Å². The van der Waals surface area contributed by atoms with Gasteiger partial charge in [0.25, 0.3) is 11.8 Å². The molecule has 34 heavy (non-hydrogen) atoms. The molecule has 0 bridgehead atoms. The number of anilines is 1. The second kappa shape index (κ2) is 10.2. The van der Waals surface area contributed by atoms with Crippen molar-refractivity contribution in [1.82, 2.24) is 8.61 Å². The molecular formula is C28H27N3O2S. The fourth-order valence-corrected chi connectivity index (χ4v) is 5.28. The first kappa shape index (κ1) is 22.3. The molecule has 0 spiro atoms. The van der Waals surface area contributed by atoms with Crippen molar-refractivity contribution >= 4 is 29.6 Å². The minimum absolute atomic E-state index is 0.216. The molecule has 2 aliphatic rings. The van der Waals surface area contributed by atoms with E-state index in [4.69, 9.17) is 0 Å². The summed E-state index contributed by atoms with van der Waals surface area (Å²) in [6.07, 6.45) is 4.15. The summed E-state index contributed by atoms with van der Waals surface area (Å²) in [5.74, 6) is -0.433. The molecule has 0 unspecified atom stereocenters. The first-order valence-corrected chi connectivity index (χ1v) is 12.4. The largest absolute Gasteiger partial charge is 0.346 e. The van der Waals surface area contributed by atoms with Crippen molar-refractivity contribution in [3.05, 3.63) is 113 Å². The van der Waals surface area contributed by atoms with Gasteiger partial charge in [-0.3, -0.25) is 18.2 Å². The van der Waals surface area contributed by atoms with E-state index >= 15 is 0 Å². The highest BCUT2D eigenvalue weighted by molar-refractivity contribution is 7.96. The van der Waals surface area contributed by atoms with E-state index in [1.165, 1.54) is 28.8 Å². The Hall–Kier alpha value is -3.51. The molecule has 0 saturated carbocycles. The summed E-state index contributed by atoms with van der Waals surface area (Å²) in [5, 5.41) is 0. The summed E-state index contributed by atoms with van der Waals surface area (Å²) in [7, 11) is 0. The van der Waals surface area contributed by atoms with Crippen LogP contribution in [0.4, 0.5) is 5.69 Å². The summed E-state index contributed by atoms with van der Waals surface area (Å²) >= 11 is 1.24. The molecule has 2 amide bonds. The highest BCUT2D eigenvalue weighted by Gasteiger charge is 2.37. The van der Waals surface area contributed by atoms with Gasteiger partial charge < -0.3 is 4.90 Å². The van der Waals surface area contributed by atoms with Gasteiger partial charge in [0.1, 0.15) is 5.57 Å². The lowest BCUT2D eigenvalue weighted by Crippen LogP contribution is -2.45. The van der Waals surface area contributed by atoms with Crippen molar-refractivity contribution in [3.63, 3.8) is 0 Å². The van der Waals surface area contributed by atoms with Crippen LogP contribution in [0.5, 0.6) is 0 Å². The lowest BCUT2D eigenvalue weighted by molar-refractivity contribution is -0.131. The number of hydrogen-bond acceptors (Lipinski definition) is 4. The average molecular weight is 470 g/mol. The highest BCUT2D eigenvalue weighted by atomic mass is 32.2. The van der Waals surface area contributed by atoms with Crippen molar-refractivity contribution in [3.8, 4) is 0 Å². The molecule has 1 saturated heterocycles. The van der Waals surface area contributed by atoms with Crippen molar-refractivity contribution in [2.45, 2.75) is 19.3 Å². The SMILES string of the molecule is O=C1C(=CN2CCc3ccccc32)C(=O)N(CCc2ccccc2)SN1CCc1ccccc1. The molecule has 3 aromatic carbocycles. The molecule has 5 rings (SSSR count). The molecule has 0 aromatic heterocycles. The van der Waals surface area contributed by atoms with Crippen LogP contribution in [0, 0.1) is 0 Å². The molecule has 172 valence electrons. The van der Waals surface area contributed by atoms with Gasteiger partial charge in [-0.05, 0) is 42.0 Å². The van der Waals surface area contributed by atoms with Gasteiger partial charge in [-0.15, -0.1) is 0 Å². The van der Waals surface area contributed by atoms with Gasteiger partial charge in [-0.2, -0.15) is 0 Å². The molecule has 2 aliphatic heterocycles. The fraction of sp³-hybridized carbons (Fsp3) is 0.214. The third-order valence-corrected chi connectivity index (χ3v) is 7.30. The summed E-state index contributed by atoms with van der Waals surface area (Å²) in [4.78, 5) is 28.9. The van der Waals surface area contributed by atoms with Gasteiger partial charge in [-0.25, -0.2) is 0 Å². The van der Waals surface area contributed by atoms with Gasteiger partial charge in [0, 0.05) is 31.5 Å². The maximum absolute atomic E-state index is 13.4. The van der Waals surface area contributed by atoms with E-state index in [9.17, 15) is 9.59 Å². The van der Waals surface area contributed by atoms with Crippen LogP contribution in [0.3, 0.4) is 0 Å². The number of nitrogens with zero attached hydrogens (tertiary/aromatic N) is 3. The number of benzene rings is 3. The second-order valence-corrected chi connectivity index (χ2v) is 9.53. The van der Waals surface area contributed by atoms with Crippen LogP contribution in [0.25, 0.3) is 0 Å². The predicted molar refractivity (Wildman–Crippen MR) is 137 cm³/mol. The van der Waals surface area contributed by atoms with Crippen LogP contribution >= 0.6 is 12.1 Å². The number of rotatable bonds is 7. The molecule has 0 radical (unpaired) electrons. The molecule has 0 atom stereocenters. The van der Waals surface area contributed by atoms with E-state index in [1.807, 2.05) is 59.5 Å². The lowest BCUT2D eigenvalue weighted by atomic mass is 10.1. The van der Waals surface area contributed by atoms with Crippen LogP contribution < -0.4 is 4.90 Å². The zero-order valence-corrected chi connectivity index (χ0v) is 19.8. The Morgan fingerprint density at radius 1 is 0.706 bits per heavy atom. The first-order chi connectivity index (χ1) is 16.7. The Morgan fingerprint density at radius 2 is 1.24 bits per heavy atom. The Kier molecular flexibility index (Phi) is 6.67. The monoisotopic (exact) mass is 469 g/mol. The molecule has 2 heterocycles. The fourth-order valence-electron chi connectivity index (χ4n) is 4.35. The molecule has 1 fully saturated rings. The van der Waals surface area contributed by atoms with Crippen molar-refractivity contribution in [1.29, 1.82) is 0 Å². The highest BCUT2D eigenvalue weighted by Crippen LogP contribution is 2.32. The number of para-hydroxylation sites is 1. The lowest BCUT2D eigenvalue weighted by Gasteiger charge is -2.35. The zero-order chi connectivity index (χ0) is 23.3. The normalized spacial score (nSPS) is 15.6. The molecular weight excluding hydrogens is 442 g/mol. The van der Waals surface area contributed by atoms with Crippen LogP contribution in [0.15, 0.2) is 96.7 Å². The Balaban J connectivity index is 1.38. The summed E-state index contributed by atoms with van der Waals surface area (Å²) in [6.45, 7) is 1.84. The van der Waals surface area contributed by atoms with Crippen molar-refractivity contribution in [2.24, 2.45) is 0 Å². The Morgan fingerprint density at radius 3 is 1.82 bits per heavy atom. The zero-order valence-electron chi connectivity index (χ0n) is 19.0. The maximum atomic E-state index is 13.4. The van der Waals surface area contributed by atoms with Gasteiger partial charge in [0.15, 0.2) is 0 Å². The minimum Gasteiger partial charge on any atom is -0.346 e. The number of amides is 2. The number of carbonyl (C=O) groups excluding carboxylic acids is 2. The molecule has 0 aliphatic carbocycles. The van der Waals surface area contributed by atoms with E-state index in [0.717, 1.165) is 31.5 Å². The van der Waals surface area contributed by atoms with Gasteiger partial charge in [-0.1, -0.05) is 78.9 Å². The third kappa shape index (κ3) is 4.87. The third-order valence-electron chi connectivity index (χ3n) is 6.21. The van der Waals surface area contributed by atoms with E-state index in [2.05, 4.69) is 30.3 Å². The van der Waals surface area contributed by atoms with Crippen LogP contribution in [0.2, 0.25) is 0 Å². The van der Waals surface area contributed by atoms with Crippen molar-refractivity contribution in [2.75, 3.05) is 24.5 Å².